The van der Waals surface area contributed by atoms with Gasteiger partial charge in [-0.2, -0.15) is 5.10 Å². The van der Waals surface area contributed by atoms with E-state index in [1.165, 1.54) is 29.3 Å². The van der Waals surface area contributed by atoms with Crippen LogP contribution < -0.4 is 20.1 Å². The average molecular weight is 512 g/mol. The van der Waals surface area contributed by atoms with Crippen LogP contribution in [-0.2, 0) is 11.3 Å². The molecule has 4 rings (SSSR count). The number of hydrogen-bond donors (Lipinski definition) is 2. The molecule has 0 unspecified atom stereocenters. The van der Waals surface area contributed by atoms with Gasteiger partial charge in [-0.15, -0.1) is 0 Å². The van der Waals surface area contributed by atoms with Crippen LogP contribution in [0.1, 0.15) is 6.42 Å². The second-order valence-electron chi connectivity index (χ2n) is 8.45. The molecule has 2 heterocycles. The average Bonchev–Trinajstić information content (AvgIpc) is 3.30. The maximum Gasteiger partial charge on any atom is 0.246 e. The number of amides is 1. The quantitative estimate of drug-likeness (QED) is 0.293. The molecular formula is C25H27F2N7O3. The number of hydrogen-bond acceptors (Lipinski definition) is 8. The van der Waals surface area contributed by atoms with Crippen LogP contribution >= 0.6 is 0 Å². The fourth-order valence-electron chi connectivity index (χ4n) is 3.59. The molecule has 0 aliphatic carbocycles. The number of methoxy groups -OCH3 is 1. The standard InChI is InChI=1S/C25H27F2N7O3/c1-33(2)8-5-9-37-22-11-20-17(10-21(22)36-3)25(29-15-28-20)31-16-12-30-34(13-16)14-23(35)32-19-7-4-6-18(26)24(19)27/h4,6-7,10-13,15H,5,8-9,14H2,1-3H3,(H,32,35)(H,28,29,31). The van der Waals surface area contributed by atoms with Crippen molar-refractivity contribution in [2.75, 3.05) is 45.0 Å². The van der Waals surface area contributed by atoms with Gasteiger partial charge in [0, 0.05) is 24.2 Å². The first-order valence-electron chi connectivity index (χ1n) is 11.5. The number of anilines is 3. The van der Waals surface area contributed by atoms with Gasteiger partial charge < -0.3 is 25.0 Å². The molecule has 2 aromatic heterocycles. The third-order valence-corrected chi connectivity index (χ3v) is 5.36. The van der Waals surface area contributed by atoms with Crippen molar-refractivity contribution in [1.82, 2.24) is 24.6 Å². The van der Waals surface area contributed by atoms with E-state index in [2.05, 4.69) is 30.6 Å². The van der Waals surface area contributed by atoms with Crippen LogP contribution in [0.5, 0.6) is 11.5 Å². The molecule has 10 nitrogen and oxygen atoms in total. The second kappa shape index (κ2) is 11.6. The summed E-state index contributed by atoms with van der Waals surface area (Å²) in [6, 6.07) is 7.16. The number of nitrogens with zero attached hydrogens (tertiary/aromatic N) is 5. The van der Waals surface area contributed by atoms with Crippen molar-refractivity contribution in [2.24, 2.45) is 0 Å². The molecule has 0 radical (unpaired) electrons. The number of carbonyl (C=O) groups is 1. The van der Waals surface area contributed by atoms with Crippen LogP contribution in [0.25, 0.3) is 10.9 Å². The zero-order chi connectivity index (χ0) is 26.4. The molecule has 2 aromatic carbocycles. The van der Waals surface area contributed by atoms with Gasteiger partial charge in [0.1, 0.15) is 18.7 Å². The van der Waals surface area contributed by atoms with Crippen LogP contribution in [0.4, 0.5) is 26.0 Å². The fourth-order valence-corrected chi connectivity index (χ4v) is 3.59. The first-order chi connectivity index (χ1) is 17.8. The smallest absolute Gasteiger partial charge is 0.246 e. The third kappa shape index (κ3) is 6.47. The first kappa shape index (κ1) is 25.8. The van der Waals surface area contributed by atoms with E-state index in [0.717, 1.165) is 19.0 Å². The van der Waals surface area contributed by atoms with E-state index in [1.807, 2.05) is 14.1 Å². The number of fused-ring (bicyclic) bond motifs is 1. The summed E-state index contributed by atoms with van der Waals surface area (Å²) in [5.41, 5.74) is 0.982. The van der Waals surface area contributed by atoms with Gasteiger partial charge in [0.2, 0.25) is 5.91 Å². The molecule has 2 N–H and O–H groups in total. The molecule has 194 valence electrons. The highest BCUT2D eigenvalue weighted by atomic mass is 19.2. The van der Waals surface area contributed by atoms with E-state index in [1.54, 1.807) is 25.4 Å². The Morgan fingerprint density at radius 2 is 2.00 bits per heavy atom. The summed E-state index contributed by atoms with van der Waals surface area (Å²) in [5, 5.41) is 10.4. The van der Waals surface area contributed by atoms with Crippen LogP contribution in [0.15, 0.2) is 49.1 Å². The Morgan fingerprint density at radius 3 is 2.78 bits per heavy atom. The molecule has 12 heteroatoms. The maximum absolute atomic E-state index is 13.8. The minimum Gasteiger partial charge on any atom is -0.493 e. The summed E-state index contributed by atoms with van der Waals surface area (Å²) in [4.78, 5) is 23.1. The van der Waals surface area contributed by atoms with Crippen LogP contribution in [0.3, 0.4) is 0 Å². The van der Waals surface area contributed by atoms with E-state index in [4.69, 9.17) is 9.47 Å². The summed E-state index contributed by atoms with van der Waals surface area (Å²) < 4.78 is 40.0. The highest BCUT2D eigenvalue weighted by Gasteiger charge is 2.14. The van der Waals surface area contributed by atoms with Crippen molar-refractivity contribution in [3.63, 3.8) is 0 Å². The number of aromatic nitrogens is 4. The Hall–Kier alpha value is -4.32. The van der Waals surface area contributed by atoms with Gasteiger partial charge >= 0.3 is 0 Å². The monoisotopic (exact) mass is 511 g/mol. The molecule has 0 saturated heterocycles. The van der Waals surface area contributed by atoms with Crippen molar-refractivity contribution >= 4 is 34.0 Å². The zero-order valence-electron chi connectivity index (χ0n) is 20.7. The summed E-state index contributed by atoms with van der Waals surface area (Å²) in [6.07, 6.45) is 5.40. The van der Waals surface area contributed by atoms with Gasteiger partial charge in [-0.05, 0) is 38.7 Å². The topological polar surface area (TPSA) is 106 Å². The van der Waals surface area contributed by atoms with Crippen molar-refractivity contribution in [1.29, 1.82) is 0 Å². The molecule has 0 fully saturated rings. The molecule has 0 spiro atoms. The minimum absolute atomic E-state index is 0.204. The molecule has 4 aromatic rings. The van der Waals surface area contributed by atoms with E-state index in [0.29, 0.717) is 40.5 Å². The Balaban J connectivity index is 1.45. The number of carbonyl (C=O) groups excluding carboxylic acids is 1. The van der Waals surface area contributed by atoms with Crippen LogP contribution in [-0.4, -0.2) is 64.9 Å². The number of rotatable bonds is 11. The number of ether oxygens (including phenoxy) is 2. The summed E-state index contributed by atoms with van der Waals surface area (Å²) in [7, 11) is 5.58. The first-order valence-corrected chi connectivity index (χ1v) is 11.5. The highest BCUT2D eigenvalue weighted by Crippen LogP contribution is 2.34. The predicted molar refractivity (Wildman–Crippen MR) is 135 cm³/mol. The van der Waals surface area contributed by atoms with E-state index >= 15 is 0 Å². The summed E-state index contributed by atoms with van der Waals surface area (Å²) in [6.45, 7) is 1.24. The van der Waals surface area contributed by atoms with Crippen LogP contribution in [0, 0.1) is 11.6 Å². The molecule has 0 aliphatic rings. The largest absolute Gasteiger partial charge is 0.493 e. The normalized spacial score (nSPS) is 11.1. The zero-order valence-corrected chi connectivity index (χ0v) is 20.7. The van der Waals surface area contributed by atoms with E-state index in [9.17, 15) is 13.6 Å². The number of nitrogens with one attached hydrogen (secondary N) is 2. The SMILES string of the molecule is COc1cc2c(Nc3cnn(CC(=O)Nc4cccc(F)c4F)c3)ncnc2cc1OCCCN(C)C. The highest BCUT2D eigenvalue weighted by molar-refractivity contribution is 5.93. The fraction of sp³-hybridized carbons (Fsp3) is 0.280. The lowest BCUT2D eigenvalue weighted by atomic mass is 10.2. The molecule has 0 saturated carbocycles. The molecule has 0 aliphatic heterocycles. The molecule has 0 atom stereocenters. The lowest BCUT2D eigenvalue weighted by Crippen LogP contribution is -2.19. The lowest BCUT2D eigenvalue weighted by Gasteiger charge is -2.14. The Labute approximate surface area is 212 Å². The molecule has 0 bridgehead atoms. The Morgan fingerprint density at radius 1 is 1.16 bits per heavy atom. The summed E-state index contributed by atoms with van der Waals surface area (Å²) >= 11 is 0. The Bertz CT molecular complexity index is 1390. The van der Waals surface area contributed by atoms with Gasteiger partial charge in [0.05, 0.1) is 36.8 Å². The van der Waals surface area contributed by atoms with Crippen molar-refractivity contribution in [3.05, 3.63) is 60.7 Å². The molecule has 37 heavy (non-hydrogen) atoms. The van der Waals surface area contributed by atoms with Crippen LogP contribution in [0.2, 0.25) is 0 Å². The molecular weight excluding hydrogens is 484 g/mol. The lowest BCUT2D eigenvalue weighted by molar-refractivity contribution is -0.116. The predicted octanol–water partition coefficient (Wildman–Crippen LogP) is 3.83. The van der Waals surface area contributed by atoms with Crippen molar-refractivity contribution in [2.45, 2.75) is 13.0 Å². The second-order valence-corrected chi connectivity index (χ2v) is 8.45. The minimum atomic E-state index is -1.12. The number of benzene rings is 2. The van der Waals surface area contributed by atoms with Crippen molar-refractivity contribution < 1.29 is 23.0 Å². The summed E-state index contributed by atoms with van der Waals surface area (Å²) in [5.74, 6) is -1.08. The van der Waals surface area contributed by atoms with Gasteiger partial charge in [-0.1, -0.05) is 6.07 Å². The van der Waals surface area contributed by atoms with Gasteiger partial charge in [0.25, 0.3) is 0 Å². The number of halogens is 2. The van der Waals surface area contributed by atoms with Crippen molar-refractivity contribution in [3.8, 4) is 11.5 Å². The van der Waals surface area contributed by atoms with E-state index in [-0.39, 0.29) is 12.2 Å². The van der Waals surface area contributed by atoms with Gasteiger partial charge in [-0.25, -0.2) is 18.7 Å². The van der Waals surface area contributed by atoms with Gasteiger partial charge in [0.15, 0.2) is 23.1 Å². The maximum atomic E-state index is 13.8. The molecule has 1 amide bonds. The van der Waals surface area contributed by atoms with Gasteiger partial charge in [-0.3, -0.25) is 9.48 Å². The van der Waals surface area contributed by atoms with E-state index < -0.39 is 17.5 Å². The third-order valence-electron chi connectivity index (χ3n) is 5.36. The Kier molecular flexibility index (Phi) is 8.08.